The van der Waals surface area contributed by atoms with Gasteiger partial charge in [0.1, 0.15) is 16.7 Å². The normalized spacial score (nSPS) is 23.5. The summed E-state index contributed by atoms with van der Waals surface area (Å²) in [6.07, 6.45) is 8.77. The van der Waals surface area contributed by atoms with Crippen LogP contribution in [0.1, 0.15) is 44.2 Å². The fourth-order valence-corrected chi connectivity index (χ4v) is 6.58. The van der Waals surface area contributed by atoms with Crippen molar-refractivity contribution in [2.75, 3.05) is 26.7 Å². The lowest BCUT2D eigenvalue weighted by Crippen LogP contribution is -2.49. The van der Waals surface area contributed by atoms with Crippen molar-refractivity contribution in [3.05, 3.63) is 59.9 Å². The number of hydrogen-bond acceptors (Lipinski definition) is 6. The standard InChI is InChI=1S/C26H35N3O4S/c1-19-15-29(20(2)18-30)34(31,32)26-11-10-23(22-8-4-5-9-22)13-24(26)33-25(19)17-28(3)16-21-7-6-12-27-14-21/h6-8,10-14,19-20,25,30H,4-5,9,15-18H2,1-3H3/t19-,20+,25+/m1/s1. The van der Waals surface area contributed by atoms with Gasteiger partial charge in [-0.25, -0.2) is 8.42 Å². The number of likely N-dealkylation sites (N-methyl/N-ethyl adjacent to an activating group) is 1. The van der Waals surface area contributed by atoms with Gasteiger partial charge in [0.15, 0.2) is 0 Å². The second-order valence-corrected chi connectivity index (χ2v) is 11.4. The van der Waals surface area contributed by atoms with Crippen LogP contribution in [0.15, 0.2) is 53.7 Å². The molecule has 0 radical (unpaired) electrons. The van der Waals surface area contributed by atoms with Crippen LogP contribution in [0, 0.1) is 5.92 Å². The van der Waals surface area contributed by atoms with Crippen LogP contribution in [-0.2, 0) is 16.6 Å². The van der Waals surface area contributed by atoms with Crippen LogP contribution < -0.4 is 4.74 Å². The van der Waals surface area contributed by atoms with Crippen LogP contribution >= 0.6 is 0 Å². The molecule has 0 saturated heterocycles. The van der Waals surface area contributed by atoms with Crippen LogP contribution in [0.4, 0.5) is 0 Å². The molecule has 2 heterocycles. The molecule has 0 spiro atoms. The van der Waals surface area contributed by atoms with Gasteiger partial charge in [0, 0.05) is 44.0 Å². The molecule has 34 heavy (non-hydrogen) atoms. The van der Waals surface area contributed by atoms with Gasteiger partial charge in [-0.1, -0.05) is 25.1 Å². The zero-order valence-electron chi connectivity index (χ0n) is 20.2. The number of aliphatic hydroxyl groups excluding tert-OH is 1. The molecule has 1 aromatic carbocycles. The Morgan fingerprint density at radius 2 is 2.15 bits per heavy atom. The van der Waals surface area contributed by atoms with E-state index in [0.29, 0.717) is 12.3 Å². The molecule has 0 fully saturated rings. The van der Waals surface area contributed by atoms with Gasteiger partial charge in [-0.15, -0.1) is 0 Å². The van der Waals surface area contributed by atoms with Crippen LogP contribution in [0.3, 0.4) is 0 Å². The van der Waals surface area contributed by atoms with Gasteiger partial charge in [-0.05, 0) is 68.1 Å². The van der Waals surface area contributed by atoms with E-state index >= 15 is 0 Å². The number of benzene rings is 1. The number of ether oxygens (including phenoxy) is 1. The summed E-state index contributed by atoms with van der Waals surface area (Å²) in [6.45, 7) is 5.15. The molecule has 8 heteroatoms. The quantitative estimate of drug-likeness (QED) is 0.646. The SMILES string of the molecule is C[C@@H]1CN([C@@H](C)CO)S(=O)(=O)c2ccc(C3=CCCC3)cc2O[C@H]1CN(C)Cc1cccnc1. The number of fused-ring (bicyclic) bond motifs is 1. The minimum Gasteiger partial charge on any atom is -0.487 e. The third kappa shape index (κ3) is 5.35. The van der Waals surface area contributed by atoms with Gasteiger partial charge in [-0.3, -0.25) is 9.88 Å². The maximum Gasteiger partial charge on any atom is 0.247 e. The number of rotatable bonds is 7. The Morgan fingerprint density at radius 3 is 2.82 bits per heavy atom. The molecule has 1 N–H and O–H groups in total. The van der Waals surface area contributed by atoms with E-state index in [9.17, 15) is 13.5 Å². The van der Waals surface area contributed by atoms with Crippen LogP contribution in [0.25, 0.3) is 5.57 Å². The number of aliphatic hydroxyl groups is 1. The number of allylic oxidation sites excluding steroid dienone is 2. The molecule has 0 bridgehead atoms. The van der Waals surface area contributed by atoms with Crippen LogP contribution in [-0.4, -0.2) is 66.6 Å². The Hall–Kier alpha value is -2.26. The molecule has 3 atom stereocenters. The van der Waals surface area contributed by atoms with Crippen molar-refractivity contribution in [1.82, 2.24) is 14.2 Å². The van der Waals surface area contributed by atoms with E-state index in [1.54, 1.807) is 19.2 Å². The zero-order chi connectivity index (χ0) is 24.3. The van der Waals surface area contributed by atoms with E-state index in [1.807, 2.05) is 44.4 Å². The molecule has 0 saturated carbocycles. The fourth-order valence-electron chi connectivity index (χ4n) is 4.75. The van der Waals surface area contributed by atoms with Gasteiger partial charge in [-0.2, -0.15) is 4.31 Å². The molecule has 0 unspecified atom stereocenters. The summed E-state index contributed by atoms with van der Waals surface area (Å²) in [5.74, 6) is 0.314. The van der Waals surface area contributed by atoms with Gasteiger partial charge in [0.05, 0.1) is 6.61 Å². The van der Waals surface area contributed by atoms with Crippen molar-refractivity contribution >= 4 is 15.6 Å². The molecule has 2 aromatic rings. The molecule has 7 nitrogen and oxygen atoms in total. The highest BCUT2D eigenvalue weighted by Gasteiger charge is 2.38. The highest BCUT2D eigenvalue weighted by molar-refractivity contribution is 7.89. The average Bonchev–Trinajstić information content (AvgIpc) is 3.36. The summed E-state index contributed by atoms with van der Waals surface area (Å²) in [5, 5.41) is 9.82. The molecule has 0 amide bonds. The predicted molar refractivity (Wildman–Crippen MR) is 133 cm³/mol. The highest BCUT2D eigenvalue weighted by Crippen LogP contribution is 2.37. The third-order valence-corrected chi connectivity index (χ3v) is 8.77. The maximum absolute atomic E-state index is 13.6. The van der Waals surface area contributed by atoms with Gasteiger partial charge >= 0.3 is 0 Å². The van der Waals surface area contributed by atoms with Crippen molar-refractivity contribution < 1.29 is 18.3 Å². The second-order valence-electron chi connectivity index (χ2n) is 9.58. The third-order valence-electron chi connectivity index (χ3n) is 6.75. The molecule has 2 aliphatic rings. The highest BCUT2D eigenvalue weighted by atomic mass is 32.2. The van der Waals surface area contributed by atoms with E-state index in [4.69, 9.17) is 4.74 Å². The molecular formula is C26H35N3O4S. The average molecular weight is 486 g/mol. The van der Waals surface area contributed by atoms with Crippen molar-refractivity contribution in [1.29, 1.82) is 0 Å². The largest absolute Gasteiger partial charge is 0.487 e. The minimum atomic E-state index is -3.82. The van der Waals surface area contributed by atoms with Crippen molar-refractivity contribution in [2.24, 2.45) is 5.92 Å². The number of sulfonamides is 1. The van der Waals surface area contributed by atoms with Crippen LogP contribution in [0.5, 0.6) is 5.75 Å². The Bertz CT molecular complexity index is 1120. The van der Waals surface area contributed by atoms with Gasteiger partial charge < -0.3 is 9.84 Å². The molecule has 1 aliphatic heterocycles. The Balaban J connectivity index is 1.69. The first-order chi connectivity index (χ1) is 16.3. The summed E-state index contributed by atoms with van der Waals surface area (Å²) in [4.78, 5) is 6.54. The summed E-state index contributed by atoms with van der Waals surface area (Å²) in [5.41, 5.74) is 3.37. The molecule has 4 rings (SSSR count). The number of hydrogen-bond donors (Lipinski definition) is 1. The summed E-state index contributed by atoms with van der Waals surface area (Å²) < 4.78 is 35.2. The molecule has 184 valence electrons. The maximum atomic E-state index is 13.6. The second kappa shape index (κ2) is 10.6. The van der Waals surface area contributed by atoms with Crippen molar-refractivity contribution in [2.45, 2.75) is 56.7 Å². The smallest absolute Gasteiger partial charge is 0.247 e. The summed E-state index contributed by atoms with van der Waals surface area (Å²) in [6, 6.07) is 8.88. The van der Waals surface area contributed by atoms with E-state index in [2.05, 4.69) is 16.0 Å². The van der Waals surface area contributed by atoms with E-state index in [-0.39, 0.29) is 30.1 Å². The first-order valence-electron chi connectivity index (χ1n) is 12.0. The van der Waals surface area contributed by atoms with Crippen molar-refractivity contribution in [3.63, 3.8) is 0 Å². The van der Waals surface area contributed by atoms with Crippen LogP contribution in [0.2, 0.25) is 0 Å². The van der Waals surface area contributed by atoms with E-state index in [0.717, 1.165) is 36.9 Å². The Kier molecular flexibility index (Phi) is 7.72. The first-order valence-corrected chi connectivity index (χ1v) is 13.4. The lowest BCUT2D eigenvalue weighted by atomic mass is 10.0. The predicted octanol–water partition coefficient (Wildman–Crippen LogP) is 3.55. The lowest BCUT2D eigenvalue weighted by molar-refractivity contribution is 0.0733. The van der Waals surface area contributed by atoms with E-state index < -0.39 is 16.1 Å². The summed E-state index contributed by atoms with van der Waals surface area (Å²) in [7, 11) is -1.79. The van der Waals surface area contributed by atoms with Gasteiger partial charge in [0.25, 0.3) is 0 Å². The van der Waals surface area contributed by atoms with Gasteiger partial charge in [0.2, 0.25) is 10.0 Å². The minimum absolute atomic E-state index is 0.0809. The number of aromatic nitrogens is 1. The monoisotopic (exact) mass is 485 g/mol. The lowest BCUT2D eigenvalue weighted by Gasteiger charge is -2.37. The Labute approximate surface area is 203 Å². The topological polar surface area (TPSA) is 83.0 Å². The van der Waals surface area contributed by atoms with Crippen molar-refractivity contribution in [3.8, 4) is 5.75 Å². The summed E-state index contributed by atoms with van der Waals surface area (Å²) >= 11 is 0. The van der Waals surface area contributed by atoms with E-state index in [1.165, 1.54) is 9.88 Å². The fraction of sp³-hybridized carbons (Fsp3) is 0.500. The molecular weight excluding hydrogens is 450 g/mol. The zero-order valence-corrected chi connectivity index (χ0v) is 21.0. The number of pyridine rings is 1. The number of nitrogens with zero attached hydrogens (tertiary/aromatic N) is 3. The Morgan fingerprint density at radius 1 is 1.32 bits per heavy atom. The first kappa shape index (κ1) is 24.9. The molecule has 1 aromatic heterocycles. The molecule has 1 aliphatic carbocycles.